The number of halogens is 1. The van der Waals surface area contributed by atoms with E-state index in [1.54, 1.807) is 20.0 Å². The number of rotatable bonds is 7. The second kappa shape index (κ2) is 10.1. The largest absolute Gasteiger partial charge is 0.352 e. The normalized spacial score (nSPS) is 13.6. The molecule has 2 heterocycles. The van der Waals surface area contributed by atoms with Crippen molar-refractivity contribution in [2.24, 2.45) is 0 Å². The van der Waals surface area contributed by atoms with Gasteiger partial charge in [0, 0.05) is 31.9 Å². The number of hydrogen-bond acceptors (Lipinski definition) is 5. The van der Waals surface area contributed by atoms with Crippen molar-refractivity contribution in [3.8, 4) is 0 Å². The number of nitrogens with zero attached hydrogens (tertiary/aromatic N) is 2. The van der Waals surface area contributed by atoms with Gasteiger partial charge in [-0.2, -0.15) is 0 Å². The van der Waals surface area contributed by atoms with Crippen molar-refractivity contribution in [2.75, 3.05) is 11.4 Å². The Bertz CT molecular complexity index is 1290. The van der Waals surface area contributed by atoms with Gasteiger partial charge < -0.3 is 10.2 Å². The van der Waals surface area contributed by atoms with Crippen LogP contribution in [-0.2, 0) is 29.5 Å². The minimum atomic E-state index is -3.74. The summed E-state index contributed by atoms with van der Waals surface area (Å²) >= 11 is 6.18. The van der Waals surface area contributed by atoms with E-state index in [0.717, 1.165) is 30.9 Å². The van der Waals surface area contributed by atoms with Crippen LogP contribution in [0.2, 0.25) is 5.02 Å². The first-order valence-electron chi connectivity index (χ1n) is 11.1. The maximum atomic E-state index is 12.7. The summed E-state index contributed by atoms with van der Waals surface area (Å²) < 4.78 is 27.4. The Hall–Kier alpha value is -2.94. The third-order valence-corrected chi connectivity index (χ3v) is 7.59. The van der Waals surface area contributed by atoms with E-state index >= 15 is 0 Å². The molecule has 178 valence electrons. The van der Waals surface area contributed by atoms with Crippen LogP contribution < -0.4 is 14.9 Å². The van der Waals surface area contributed by atoms with Crippen LogP contribution in [0, 0.1) is 0 Å². The van der Waals surface area contributed by atoms with E-state index in [0.29, 0.717) is 0 Å². The van der Waals surface area contributed by atoms with Crippen LogP contribution in [0.15, 0.2) is 65.7 Å². The minimum Gasteiger partial charge on any atom is -0.352 e. The molecule has 2 aromatic carbocycles. The fourth-order valence-corrected chi connectivity index (χ4v) is 5.38. The first kappa shape index (κ1) is 24.2. The van der Waals surface area contributed by atoms with E-state index < -0.39 is 15.9 Å². The fourth-order valence-electron chi connectivity index (χ4n) is 3.90. The minimum absolute atomic E-state index is 0.00938. The molecular weight excluding hydrogens is 472 g/mol. The van der Waals surface area contributed by atoms with E-state index in [1.807, 2.05) is 12.1 Å². The van der Waals surface area contributed by atoms with Gasteiger partial charge in [-0.15, -0.1) is 0 Å². The Labute approximate surface area is 205 Å². The van der Waals surface area contributed by atoms with E-state index in [4.69, 9.17) is 11.6 Å². The maximum absolute atomic E-state index is 12.7. The highest BCUT2D eigenvalue weighted by atomic mass is 35.5. The Kier molecular flexibility index (Phi) is 7.21. The van der Waals surface area contributed by atoms with Crippen LogP contribution in [0.5, 0.6) is 0 Å². The zero-order valence-electron chi connectivity index (χ0n) is 19.1. The second-order valence-corrected chi connectivity index (χ2v) is 10.7. The summed E-state index contributed by atoms with van der Waals surface area (Å²) in [5, 5.41) is 2.98. The lowest BCUT2D eigenvalue weighted by Crippen LogP contribution is -2.31. The molecule has 0 spiro atoms. The number of nitrogens with one attached hydrogen (secondary N) is 2. The van der Waals surface area contributed by atoms with Gasteiger partial charge in [-0.3, -0.25) is 4.79 Å². The molecule has 1 aliphatic rings. The van der Waals surface area contributed by atoms with Crippen molar-refractivity contribution in [1.29, 1.82) is 0 Å². The number of benzene rings is 2. The Morgan fingerprint density at radius 1 is 1.12 bits per heavy atom. The van der Waals surface area contributed by atoms with E-state index in [1.165, 1.54) is 29.3 Å². The standard InChI is InChI=1S/C25H27ClN4O3S/c1-17(2)29-34(32,33)21-8-9-23(26)22(13-21)25(31)28-15-18-7-10-24(27-14-18)30-12-11-19-5-3-4-6-20(19)16-30/h3-10,13-14,17,29H,11-12,15-16H2,1-2H3,(H,28,31). The summed E-state index contributed by atoms with van der Waals surface area (Å²) in [7, 11) is -3.74. The molecule has 3 aromatic rings. The lowest BCUT2D eigenvalue weighted by molar-refractivity contribution is 0.0951. The first-order chi connectivity index (χ1) is 16.2. The molecule has 1 aromatic heterocycles. The molecule has 7 nitrogen and oxygen atoms in total. The third-order valence-electron chi connectivity index (χ3n) is 5.60. The topological polar surface area (TPSA) is 91.4 Å². The van der Waals surface area contributed by atoms with Crippen molar-refractivity contribution < 1.29 is 13.2 Å². The zero-order chi connectivity index (χ0) is 24.3. The van der Waals surface area contributed by atoms with Crippen LogP contribution in [0.3, 0.4) is 0 Å². The van der Waals surface area contributed by atoms with Crippen molar-refractivity contribution in [3.63, 3.8) is 0 Å². The predicted octanol–water partition coefficient (Wildman–Crippen LogP) is 3.91. The van der Waals surface area contributed by atoms with Crippen LogP contribution in [0.4, 0.5) is 5.82 Å². The molecule has 1 aliphatic heterocycles. The van der Waals surface area contributed by atoms with Crippen molar-refractivity contribution in [1.82, 2.24) is 15.0 Å². The first-order valence-corrected chi connectivity index (χ1v) is 13.0. The lowest BCUT2D eigenvalue weighted by atomic mass is 10.00. The van der Waals surface area contributed by atoms with Crippen molar-refractivity contribution >= 4 is 33.3 Å². The van der Waals surface area contributed by atoms with Crippen LogP contribution in [0.25, 0.3) is 0 Å². The molecule has 1 amide bonds. The van der Waals surface area contributed by atoms with E-state index in [9.17, 15) is 13.2 Å². The number of amides is 1. The van der Waals surface area contributed by atoms with Gasteiger partial charge in [0.05, 0.1) is 15.5 Å². The monoisotopic (exact) mass is 498 g/mol. The Balaban J connectivity index is 1.40. The third kappa shape index (κ3) is 5.58. The smallest absolute Gasteiger partial charge is 0.253 e. The number of fused-ring (bicyclic) bond motifs is 1. The van der Waals surface area contributed by atoms with Crippen molar-refractivity contribution in [3.05, 3.63) is 88.1 Å². The molecule has 9 heteroatoms. The van der Waals surface area contributed by atoms with E-state index in [2.05, 4.69) is 44.2 Å². The molecule has 0 unspecified atom stereocenters. The summed E-state index contributed by atoms with van der Waals surface area (Å²) in [6.07, 6.45) is 2.73. The molecule has 34 heavy (non-hydrogen) atoms. The summed E-state index contributed by atoms with van der Waals surface area (Å²) in [4.78, 5) is 19.5. The zero-order valence-corrected chi connectivity index (χ0v) is 20.7. The highest BCUT2D eigenvalue weighted by Crippen LogP contribution is 2.23. The Morgan fingerprint density at radius 2 is 1.88 bits per heavy atom. The van der Waals surface area contributed by atoms with Gasteiger partial charge in [-0.25, -0.2) is 18.1 Å². The van der Waals surface area contributed by atoms with Crippen LogP contribution >= 0.6 is 11.6 Å². The number of carbonyl (C=O) groups excluding carboxylic acids is 1. The molecule has 0 aliphatic carbocycles. The van der Waals surface area contributed by atoms with Gasteiger partial charge in [0.25, 0.3) is 5.91 Å². The molecule has 0 saturated heterocycles. The van der Waals surface area contributed by atoms with Gasteiger partial charge in [-0.1, -0.05) is 41.9 Å². The van der Waals surface area contributed by atoms with Gasteiger partial charge in [0.2, 0.25) is 10.0 Å². The molecule has 0 radical (unpaired) electrons. The molecule has 0 atom stereocenters. The molecular formula is C25H27ClN4O3S. The average Bonchev–Trinajstić information content (AvgIpc) is 2.82. The number of anilines is 1. The Morgan fingerprint density at radius 3 is 2.59 bits per heavy atom. The van der Waals surface area contributed by atoms with Gasteiger partial charge >= 0.3 is 0 Å². The average molecular weight is 499 g/mol. The van der Waals surface area contributed by atoms with Crippen molar-refractivity contribution in [2.45, 2.75) is 44.3 Å². The second-order valence-electron chi connectivity index (χ2n) is 8.57. The maximum Gasteiger partial charge on any atom is 0.253 e. The number of carbonyl (C=O) groups is 1. The summed E-state index contributed by atoms with van der Waals surface area (Å²) in [6, 6.07) is 16.1. The quantitative estimate of drug-likeness (QED) is 0.515. The summed E-state index contributed by atoms with van der Waals surface area (Å²) in [6.45, 7) is 5.42. The van der Waals surface area contributed by atoms with E-state index in [-0.39, 0.29) is 28.1 Å². The molecule has 0 saturated carbocycles. The number of pyridine rings is 1. The number of hydrogen-bond donors (Lipinski definition) is 2. The van der Waals surface area contributed by atoms with Gasteiger partial charge in [0.1, 0.15) is 5.82 Å². The summed E-state index contributed by atoms with van der Waals surface area (Å²) in [5.41, 5.74) is 3.63. The fraction of sp³-hybridized carbons (Fsp3) is 0.280. The lowest BCUT2D eigenvalue weighted by Gasteiger charge is -2.29. The van der Waals surface area contributed by atoms with Crippen LogP contribution in [-0.4, -0.2) is 31.9 Å². The highest BCUT2D eigenvalue weighted by molar-refractivity contribution is 7.89. The molecule has 4 rings (SSSR count). The van der Waals surface area contributed by atoms with Gasteiger partial charge in [-0.05, 0) is 61.2 Å². The summed E-state index contributed by atoms with van der Waals surface area (Å²) in [5.74, 6) is 0.437. The van der Waals surface area contributed by atoms with Crippen LogP contribution in [0.1, 0.15) is 40.9 Å². The van der Waals surface area contributed by atoms with Gasteiger partial charge in [0.15, 0.2) is 0 Å². The SMILES string of the molecule is CC(C)NS(=O)(=O)c1ccc(Cl)c(C(=O)NCc2ccc(N3CCc4ccccc4C3)nc2)c1. The molecule has 0 bridgehead atoms. The molecule has 0 fully saturated rings. The predicted molar refractivity (Wildman–Crippen MR) is 134 cm³/mol. The highest BCUT2D eigenvalue weighted by Gasteiger charge is 2.20. The number of aromatic nitrogens is 1. The number of sulfonamides is 1. The molecule has 2 N–H and O–H groups in total.